The predicted octanol–water partition coefficient (Wildman–Crippen LogP) is 2.95. The molecule has 0 fully saturated rings. The normalized spacial score (nSPS) is 9.90. The zero-order valence-corrected chi connectivity index (χ0v) is 12.1. The summed E-state index contributed by atoms with van der Waals surface area (Å²) in [6, 6.07) is 10.4. The summed E-state index contributed by atoms with van der Waals surface area (Å²) in [6.07, 6.45) is 1.56. The van der Waals surface area contributed by atoms with Crippen molar-refractivity contribution in [2.24, 2.45) is 0 Å². The number of ether oxygens (including phenoxy) is 1. The summed E-state index contributed by atoms with van der Waals surface area (Å²) in [7, 11) is 1.51. The van der Waals surface area contributed by atoms with Crippen LogP contribution >= 0.6 is 11.8 Å². The fraction of sp³-hybridized carbons (Fsp3) is 0.133. The number of aromatic carboxylic acids is 1. The molecule has 1 heterocycles. The van der Waals surface area contributed by atoms with Gasteiger partial charge in [0.15, 0.2) is 0 Å². The number of aromatic nitrogens is 1. The first kappa shape index (κ1) is 14.9. The van der Waals surface area contributed by atoms with Gasteiger partial charge in [-0.05, 0) is 29.8 Å². The number of carboxylic acids is 1. The lowest BCUT2D eigenvalue weighted by atomic mass is 10.1. The van der Waals surface area contributed by atoms with Gasteiger partial charge in [-0.2, -0.15) is 5.26 Å². The SMILES string of the molecule is COc1cc(CSc2ncccc2C(=O)O)ccc1C#N. The molecule has 0 radical (unpaired) electrons. The van der Waals surface area contributed by atoms with Gasteiger partial charge in [0, 0.05) is 11.9 Å². The van der Waals surface area contributed by atoms with Gasteiger partial charge >= 0.3 is 5.97 Å². The quantitative estimate of drug-likeness (QED) is 0.855. The molecule has 0 spiro atoms. The molecule has 0 saturated carbocycles. The van der Waals surface area contributed by atoms with Crippen molar-refractivity contribution in [3.8, 4) is 11.8 Å². The first-order valence-electron chi connectivity index (χ1n) is 6.04. The van der Waals surface area contributed by atoms with Crippen LogP contribution in [0.4, 0.5) is 0 Å². The summed E-state index contributed by atoms with van der Waals surface area (Å²) in [6.45, 7) is 0. The van der Waals surface area contributed by atoms with Crippen molar-refractivity contribution in [2.75, 3.05) is 7.11 Å². The van der Waals surface area contributed by atoms with Crippen molar-refractivity contribution in [2.45, 2.75) is 10.8 Å². The molecule has 5 nitrogen and oxygen atoms in total. The Morgan fingerprint density at radius 3 is 2.95 bits per heavy atom. The Bertz CT molecular complexity index is 710. The number of hydrogen-bond donors (Lipinski definition) is 1. The van der Waals surface area contributed by atoms with Crippen molar-refractivity contribution in [1.82, 2.24) is 4.98 Å². The van der Waals surface area contributed by atoms with Gasteiger partial charge in [-0.15, -0.1) is 11.8 Å². The van der Waals surface area contributed by atoms with Crippen LogP contribution < -0.4 is 4.74 Å². The minimum atomic E-state index is -0.997. The van der Waals surface area contributed by atoms with Crippen molar-refractivity contribution in [3.63, 3.8) is 0 Å². The fourth-order valence-electron chi connectivity index (χ4n) is 1.74. The number of rotatable bonds is 5. The topological polar surface area (TPSA) is 83.2 Å². The van der Waals surface area contributed by atoms with Crippen LogP contribution in [-0.2, 0) is 5.75 Å². The van der Waals surface area contributed by atoms with Crippen molar-refractivity contribution < 1.29 is 14.6 Å². The molecule has 0 bridgehead atoms. The molecule has 0 atom stereocenters. The highest BCUT2D eigenvalue weighted by Crippen LogP contribution is 2.27. The third-order valence-corrected chi connectivity index (χ3v) is 3.84. The van der Waals surface area contributed by atoms with E-state index >= 15 is 0 Å². The van der Waals surface area contributed by atoms with E-state index in [0.29, 0.717) is 22.1 Å². The highest BCUT2D eigenvalue weighted by molar-refractivity contribution is 7.98. The highest BCUT2D eigenvalue weighted by atomic mass is 32.2. The van der Waals surface area contributed by atoms with Crippen molar-refractivity contribution in [1.29, 1.82) is 5.26 Å². The minimum Gasteiger partial charge on any atom is -0.495 e. The zero-order valence-electron chi connectivity index (χ0n) is 11.2. The van der Waals surface area contributed by atoms with Gasteiger partial charge in [0.1, 0.15) is 16.8 Å². The maximum Gasteiger partial charge on any atom is 0.338 e. The zero-order chi connectivity index (χ0) is 15.2. The van der Waals surface area contributed by atoms with Gasteiger partial charge in [-0.1, -0.05) is 6.07 Å². The molecular formula is C15H12N2O3S. The Kier molecular flexibility index (Phi) is 4.80. The smallest absolute Gasteiger partial charge is 0.338 e. The van der Waals surface area contributed by atoms with E-state index in [-0.39, 0.29) is 5.56 Å². The molecule has 106 valence electrons. The molecule has 1 aromatic heterocycles. The molecule has 0 saturated heterocycles. The Balaban J connectivity index is 2.18. The highest BCUT2D eigenvalue weighted by Gasteiger charge is 2.11. The average Bonchev–Trinajstić information content (AvgIpc) is 2.52. The van der Waals surface area contributed by atoms with Gasteiger partial charge in [0.25, 0.3) is 0 Å². The Labute approximate surface area is 126 Å². The molecule has 0 aliphatic carbocycles. The number of nitriles is 1. The Morgan fingerprint density at radius 1 is 1.48 bits per heavy atom. The van der Waals surface area contributed by atoms with Gasteiger partial charge in [0.2, 0.25) is 0 Å². The molecule has 0 aliphatic heterocycles. The Hall–Kier alpha value is -2.52. The first-order chi connectivity index (χ1) is 10.2. The third-order valence-electron chi connectivity index (χ3n) is 2.76. The summed E-state index contributed by atoms with van der Waals surface area (Å²) in [5, 5.41) is 18.5. The molecule has 0 aliphatic rings. The van der Waals surface area contributed by atoms with E-state index in [1.807, 2.05) is 12.1 Å². The molecule has 1 aromatic carbocycles. The van der Waals surface area contributed by atoms with Gasteiger partial charge in [0.05, 0.1) is 18.2 Å². The van der Waals surface area contributed by atoms with Crippen LogP contribution in [0.15, 0.2) is 41.6 Å². The molecule has 0 unspecified atom stereocenters. The number of thioether (sulfide) groups is 1. The second-order valence-corrected chi connectivity index (χ2v) is 5.06. The van der Waals surface area contributed by atoms with Gasteiger partial charge < -0.3 is 9.84 Å². The van der Waals surface area contributed by atoms with Crippen LogP contribution in [0.25, 0.3) is 0 Å². The number of carbonyl (C=O) groups is 1. The van der Waals surface area contributed by atoms with Gasteiger partial charge in [-0.3, -0.25) is 0 Å². The van der Waals surface area contributed by atoms with Crippen molar-refractivity contribution >= 4 is 17.7 Å². The number of hydrogen-bond acceptors (Lipinski definition) is 5. The number of methoxy groups -OCH3 is 1. The monoisotopic (exact) mass is 300 g/mol. The molecule has 2 rings (SSSR count). The molecule has 2 aromatic rings. The third kappa shape index (κ3) is 3.52. The molecule has 6 heteroatoms. The summed E-state index contributed by atoms with van der Waals surface area (Å²) in [5.74, 6) is 0.0532. The number of pyridine rings is 1. The Morgan fingerprint density at radius 2 is 2.29 bits per heavy atom. The van der Waals surface area contributed by atoms with Crippen LogP contribution in [-0.4, -0.2) is 23.2 Å². The summed E-state index contributed by atoms with van der Waals surface area (Å²) >= 11 is 1.33. The van der Waals surface area contributed by atoms with E-state index in [0.717, 1.165) is 5.56 Å². The molecule has 21 heavy (non-hydrogen) atoms. The van der Waals surface area contributed by atoms with Crippen molar-refractivity contribution in [3.05, 3.63) is 53.2 Å². The maximum atomic E-state index is 11.1. The van der Waals surface area contributed by atoms with E-state index in [1.54, 1.807) is 24.4 Å². The second-order valence-electron chi connectivity index (χ2n) is 4.10. The predicted molar refractivity (Wildman–Crippen MR) is 78.5 cm³/mol. The van der Waals surface area contributed by atoms with Crippen LogP contribution in [0.3, 0.4) is 0 Å². The lowest BCUT2D eigenvalue weighted by molar-refractivity contribution is 0.0692. The van der Waals surface area contributed by atoms with Crippen LogP contribution in [0.1, 0.15) is 21.5 Å². The maximum absolute atomic E-state index is 11.1. The standard InChI is InChI=1S/C15H12N2O3S/c1-20-13-7-10(4-5-11(13)8-16)9-21-14-12(15(18)19)3-2-6-17-14/h2-7H,9H2,1H3,(H,18,19). The second kappa shape index (κ2) is 6.77. The summed E-state index contributed by atoms with van der Waals surface area (Å²) < 4.78 is 5.15. The first-order valence-corrected chi connectivity index (χ1v) is 7.02. The lowest BCUT2D eigenvalue weighted by Crippen LogP contribution is -2.00. The van der Waals surface area contributed by atoms with E-state index in [1.165, 1.54) is 24.9 Å². The van der Waals surface area contributed by atoms with E-state index < -0.39 is 5.97 Å². The largest absolute Gasteiger partial charge is 0.495 e. The van der Waals surface area contributed by atoms with E-state index in [4.69, 9.17) is 15.1 Å². The van der Waals surface area contributed by atoms with E-state index in [2.05, 4.69) is 4.98 Å². The van der Waals surface area contributed by atoms with Crippen LogP contribution in [0, 0.1) is 11.3 Å². The van der Waals surface area contributed by atoms with Crippen LogP contribution in [0.2, 0.25) is 0 Å². The molecular weight excluding hydrogens is 288 g/mol. The number of benzene rings is 1. The minimum absolute atomic E-state index is 0.183. The lowest BCUT2D eigenvalue weighted by Gasteiger charge is -2.07. The summed E-state index contributed by atoms with van der Waals surface area (Å²) in [4.78, 5) is 15.2. The van der Waals surface area contributed by atoms with Gasteiger partial charge in [-0.25, -0.2) is 9.78 Å². The number of carboxylic acid groups (broad SMARTS) is 1. The fourth-order valence-corrected chi connectivity index (χ4v) is 2.67. The average molecular weight is 300 g/mol. The van der Waals surface area contributed by atoms with Crippen LogP contribution in [0.5, 0.6) is 5.75 Å². The molecule has 1 N–H and O–H groups in total. The van der Waals surface area contributed by atoms with E-state index in [9.17, 15) is 4.79 Å². The molecule has 0 amide bonds. The summed E-state index contributed by atoms with van der Waals surface area (Å²) in [5.41, 5.74) is 1.58. The number of nitrogens with zero attached hydrogens (tertiary/aromatic N) is 2.